The van der Waals surface area contributed by atoms with Crippen molar-refractivity contribution >= 4 is 6.08 Å². The standard InChI is InChI=1S/C16H16O/c1-4-13-7-5-6-8-15(13)14-9-10-16(17-3)12(2)11-14/h4-11H,1H2,2-3H3. The number of methoxy groups -OCH3 is 1. The largest absolute Gasteiger partial charge is 0.496 e. The van der Waals surface area contributed by atoms with Crippen LogP contribution in [0.1, 0.15) is 11.1 Å². The fourth-order valence-electron chi connectivity index (χ4n) is 1.98. The summed E-state index contributed by atoms with van der Waals surface area (Å²) in [7, 11) is 1.69. The first-order chi connectivity index (χ1) is 8.26. The van der Waals surface area contributed by atoms with Crippen LogP contribution in [-0.4, -0.2) is 7.11 Å². The van der Waals surface area contributed by atoms with Gasteiger partial charge in [-0.05, 0) is 41.3 Å². The van der Waals surface area contributed by atoms with Crippen molar-refractivity contribution in [3.63, 3.8) is 0 Å². The van der Waals surface area contributed by atoms with Gasteiger partial charge >= 0.3 is 0 Å². The Bertz CT molecular complexity index is 541. The molecule has 1 heteroatoms. The highest BCUT2D eigenvalue weighted by Gasteiger charge is 2.04. The predicted octanol–water partition coefficient (Wildman–Crippen LogP) is 4.31. The van der Waals surface area contributed by atoms with Gasteiger partial charge in [-0.2, -0.15) is 0 Å². The predicted molar refractivity (Wildman–Crippen MR) is 73.3 cm³/mol. The Hall–Kier alpha value is -2.02. The van der Waals surface area contributed by atoms with Crippen LogP contribution in [0.4, 0.5) is 0 Å². The van der Waals surface area contributed by atoms with Crippen LogP contribution in [0, 0.1) is 6.92 Å². The van der Waals surface area contributed by atoms with Crippen LogP contribution in [-0.2, 0) is 0 Å². The molecule has 0 unspecified atom stereocenters. The molecule has 0 fully saturated rings. The fraction of sp³-hybridized carbons (Fsp3) is 0.125. The third-order valence-electron chi connectivity index (χ3n) is 2.89. The van der Waals surface area contributed by atoms with Gasteiger partial charge in [0.1, 0.15) is 5.75 Å². The summed E-state index contributed by atoms with van der Waals surface area (Å²) in [4.78, 5) is 0. The maximum atomic E-state index is 5.27. The van der Waals surface area contributed by atoms with E-state index in [0.29, 0.717) is 0 Å². The molecule has 86 valence electrons. The van der Waals surface area contributed by atoms with E-state index in [9.17, 15) is 0 Å². The van der Waals surface area contributed by atoms with E-state index in [0.717, 1.165) is 16.9 Å². The average molecular weight is 224 g/mol. The van der Waals surface area contributed by atoms with Crippen LogP contribution >= 0.6 is 0 Å². The van der Waals surface area contributed by atoms with Crippen molar-refractivity contribution in [1.29, 1.82) is 0 Å². The highest BCUT2D eigenvalue weighted by Crippen LogP contribution is 2.28. The SMILES string of the molecule is C=Cc1ccccc1-c1ccc(OC)c(C)c1. The van der Waals surface area contributed by atoms with Gasteiger partial charge in [-0.15, -0.1) is 0 Å². The Morgan fingerprint density at radius 3 is 2.53 bits per heavy atom. The van der Waals surface area contributed by atoms with Gasteiger partial charge in [0.15, 0.2) is 0 Å². The van der Waals surface area contributed by atoms with Gasteiger partial charge in [-0.1, -0.05) is 43.0 Å². The molecule has 0 saturated carbocycles. The molecule has 0 atom stereocenters. The zero-order valence-corrected chi connectivity index (χ0v) is 10.2. The maximum Gasteiger partial charge on any atom is 0.121 e. The van der Waals surface area contributed by atoms with Crippen molar-refractivity contribution in [1.82, 2.24) is 0 Å². The van der Waals surface area contributed by atoms with Crippen molar-refractivity contribution in [2.45, 2.75) is 6.92 Å². The molecule has 0 heterocycles. The van der Waals surface area contributed by atoms with E-state index in [1.165, 1.54) is 11.1 Å². The third kappa shape index (κ3) is 2.23. The highest BCUT2D eigenvalue weighted by molar-refractivity contribution is 5.75. The Morgan fingerprint density at radius 2 is 1.88 bits per heavy atom. The van der Waals surface area contributed by atoms with Gasteiger partial charge in [0.25, 0.3) is 0 Å². The Morgan fingerprint density at radius 1 is 1.12 bits per heavy atom. The summed E-state index contributed by atoms with van der Waals surface area (Å²) in [5.74, 6) is 0.921. The zero-order valence-electron chi connectivity index (χ0n) is 10.2. The zero-order chi connectivity index (χ0) is 12.3. The van der Waals surface area contributed by atoms with Crippen LogP contribution in [0.15, 0.2) is 49.0 Å². The molecule has 0 bridgehead atoms. The summed E-state index contributed by atoms with van der Waals surface area (Å²) in [6.07, 6.45) is 1.88. The summed E-state index contributed by atoms with van der Waals surface area (Å²) >= 11 is 0. The molecular formula is C16H16O. The Balaban J connectivity index is 2.53. The summed E-state index contributed by atoms with van der Waals surface area (Å²) in [5.41, 5.74) is 4.69. The minimum absolute atomic E-state index is 0.921. The first-order valence-corrected chi connectivity index (χ1v) is 5.62. The lowest BCUT2D eigenvalue weighted by Gasteiger charge is -2.09. The quantitative estimate of drug-likeness (QED) is 0.754. The molecule has 0 aliphatic heterocycles. The minimum atomic E-state index is 0.921. The molecule has 0 spiro atoms. The molecule has 0 amide bonds. The van der Waals surface area contributed by atoms with Crippen molar-refractivity contribution in [2.75, 3.05) is 7.11 Å². The monoisotopic (exact) mass is 224 g/mol. The lowest BCUT2D eigenvalue weighted by atomic mass is 9.98. The lowest BCUT2D eigenvalue weighted by Crippen LogP contribution is -1.88. The van der Waals surface area contributed by atoms with E-state index in [1.807, 2.05) is 24.3 Å². The molecule has 2 aromatic carbocycles. The molecule has 0 aliphatic carbocycles. The summed E-state index contributed by atoms with van der Waals surface area (Å²) in [6, 6.07) is 14.5. The Kier molecular flexibility index (Phi) is 3.29. The van der Waals surface area contributed by atoms with Crippen LogP contribution in [0.2, 0.25) is 0 Å². The summed E-state index contributed by atoms with van der Waals surface area (Å²) in [5, 5.41) is 0. The number of hydrogen-bond donors (Lipinski definition) is 0. The molecule has 17 heavy (non-hydrogen) atoms. The molecule has 2 aromatic rings. The number of benzene rings is 2. The minimum Gasteiger partial charge on any atom is -0.496 e. The van der Waals surface area contributed by atoms with Gasteiger partial charge in [-0.3, -0.25) is 0 Å². The molecule has 1 nitrogen and oxygen atoms in total. The second-order valence-corrected chi connectivity index (χ2v) is 3.98. The van der Waals surface area contributed by atoms with Crippen molar-refractivity contribution < 1.29 is 4.74 Å². The number of ether oxygens (including phenoxy) is 1. The normalized spacial score (nSPS) is 10.0. The first kappa shape index (κ1) is 11.5. The van der Waals surface area contributed by atoms with E-state index in [-0.39, 0.29) is 0 Å². The summed E-state index contributed by atoms with van der Waals surface area (Å²) < 4.78 is 5.27. The van der Waals surface area contributed by atoms with Crippen LogP contribution in [0.25, 0.3) is 17.2 Å². The van der Waals surface area contributed by atoms with E-state index in [4.69, 9.17) is 4.74 Å². The second kappa shape index (κ2) is 4.88. The second-order valence-electron chi connectivity index (χ2n) is 3.98. The molecule has 0 aromatic heterocycles. The van der Waals surface area contributed by atoms with Crippen LogP contribution < -0.4 is 4.74 Å². The maximum absolute atomic E-state index is 5.27. The average Bonchev–Trinajstić information content (AvgIpc) is 2.38. The lowest BCUT2D eigenvalue weighted by molar-refractivity contribution is 0.412. The Labute approximate surface area is 102 Å². The number of hydrogen-bond acceptors (Lipinski definition) is 1. The number of rotatable bonds is 3. The van der Waals surface area contributed by atoms with Crippen LogP contribution in [0.5, 0.6) is 5.75 Å². The number of aryl methyl sites for hydroxylation is 1. The van der Waals surface area contributed by atoms with Crippen molar-refractivity contribution in [3.8, 4) is 16.9 Å². The van der Waals surface area contributed by atoms with Gasteiger partial charge < -0.3 is 4.74 Å². The third-order valence-corrected chi connectivity index (χ3v) is 2.89. The van der Waals surface area contributed by atoms with E-state index >= 15 is 0 Å². The van der Waals surface area contributed by atoms with Gasteiger partial charge in [0.2, 0.25) is 0 Å². The molecule has 0 radical (unpaired) electrons. The highest BCUT2D eigenvalue weighted by atomic mass is 16.5. The molecular weight excluding hydrogens is 208 g/mol. The van der Waals surface area contributed by atoms with E-state index in [1.54, 1.807) is 7.11 Å². The van der Waals surface area contributed by atoms with Gasteiger partial charge in [-0.25, -0.2) is 0 Å². The first-order valence-electron chi connectivity index (χ1n) is 5.62. The smallest absolute Gasteiger partial charge is 0.121 e. The van der Waals surface area contributed by atoms with Crippen molar-refractivity contribution in [3.05, 3.63) is 60.2 Å². The van der Waals surface area contributed by atoms with Gasteiger partial charge in [0, 0.05) is 0 Å². The fourth-order valence-corrected chi connectivity index (χ4v) is 1.98. The summed E-state index contributed by atoms with van der Waals surface area (Å²) in [6.45, 7) is 5.90. The molecule has 0 saturated heterocycles. The van der Waals surface area contributed by atoms with E-state index < -0.39 is 0 Å². The molecule has 0 N–H and O–H groups in total. The topological polar surface area (TPSA) is 9.23 Å². The molecule has 2 rings (SSSR count). The van der Waals surface area contributed by atoms with Gasteiger partial charge in [0.05, 0.1) is 7.11 Å². The van der Waals surface area contributed by atoms with Crippen LogP contribution in [0.3, 0.4) is 0 Å². The van der Waals surface area contributed by atoms with Crippen molar-refractivity contribution in [2.24, 2.45) is 0 Å². The van der Waals surface area contributed by atoms with E-state index in [2.05, 4.69) is 37.8 Å². The molecule has 0 aliphatic rings.